The molecule has 0 aliphatic carbocycles. The lowest BCUT2D eigenvalue weighted by Crippen LogP contribution is -2.59. The number of benzene rings is 1. The molecule has 0 aromatic heterocycles. The molecule has 0 spiro atoms. The van der Waals surface area contributed by atoms with Crippen LogP contribution < -0.4 is 0 Å². The van der Waals surface area contributed by atoms with E-state index in [-0.39, 0.29) is 5.56 Å². The maximum absolute atomic E-state index is 13.3. The molecule has 0 radical (unpaired) electrons. The molecule has 0 saturated carbocycles. The minimum absolute atomic E-state index is 0.0259. The van der Waals surface area contributed by atoms with Gasteiger partial charge in [0.1, 0.15) is 0 Å². The summed E-state index contributed by atoms with van der Waals surface area (Å²) in [6.07, 6.45) is 0. The van der Waals surface area contributed by atoms with Crippen molar-refractivity contribution in [2.24, 2.45) is 0 Å². The summed E-state index contributed by atoms with van der Waals surface area (Å²) in [5, 5.41) is 7.98. The van der Waals surface area contributed by atoms with Crippen LogP contribution in [0.4, 0.5) is 26.3 Å². The largest absolute Gasteiger partial charge is 0.477 e. The summed E-state index contributed by atoms with van der Waals surface area (Å²) in [6.45, 7) is -2.50. The zero-order valence-electron chi connectivity index (χ0n) is 12.8. The molecule has 0 aliphatic heterocycles. The van der Waals surface area contributed by atoms with Crippen molar-refractivity contribution in [3.8, 4) is 0 Å². The van der Waals surface area contributed by atoms with E-state index in [1.54, 1.807) is 0 Å². The minimum Gasteiger partial charge on any atom is -0.477 e. The van der Waals surface area contributed by atoms with Crippen LogP contribution in [-0.2, 0) is 14.3 Å². The summed E-state index contributed by atoms with van der Waals surface area (Å²) in [4.78, 5) is 32.8. The van der Waals surface area contributed by atoms with Crippen LogP contribution in [0.2, 0.25) is 0 Å². The predicted octanol–water partition coefficient (Wildman–Crippen LogP) is 2.62. The molecular weight excluding hydrogens is 378 g/mol. The van der Waals surface area contributed by atoms with Crippen LogP contribution in [0.3, 0.4) is 0 Å². The van der Waals surface area contributed by atoms with Gasteiger partial charge in [-0.3, -0.25) is 0 Å². The van der Waals surface area contributed by atoms with Gasteiger partial charge in [0.15, 0.2) is 6.61 Å². The Morgan fingerprint density at radius 2 is 1.35 bits per heavy atom. The number of hydrogen-bond donors (Lipinski definition) is 1. The van der Waals surface area contributed by atoms with Gasteiger partial charge in [0, 0.05) is 0 Å². The zero-order chi connectivity index (χ0) is 20.3. The van der Waals surface area contributed by atoms with E-state index in [4.69, 9.17) is 5.11 Å². The molecule has 12 heteroatoms. The van der Waals surface area contributed by atoms with Crippen molar-refractivity contribution in [1.82, 2.24) is 0 Å². The molecule has 1 rings (SSSR count). The average Bonchev–Trinajstić information content (AvgIpc) is 2.58. The van der Waals surface area contributed by atoms with Crippen molar-refractivity contribution in [3.05, 3.63) is 35.4 Å². The molecule has 0 amide bonds. The van der Waals surface area contributed by atoms with Gasteiger partial charge in [-0.05, 0) is 24.3 Å². The summed E-state index contributed by atoms with van der Waals surface area (Å²) < 4.78 is 86.8. The molecule has 26 heavy (non-hydrogen) atoms. The summed E-state index contributed by atoms with van der Waals surface area (Å²) in [7, 11) is 1.07. The monoisotopic (exact) mass is 388 g/mol. The van der Waals surface area contributed by atoms with Crippen LogP contribution in [-0.4, -0.2) is 54.5 Å². The predicted molar refractivity (Wildman–Crippen MR) is 70.5 cm³/mol. The zero-order valence-corrected chi connectivity index (χ0v) is 12.8. The fraction of sp³-hybridized carbons (Fsp3) is 0.357. The first-order valence-electron chi connectivity index (χ1n) is 6.50. The van der Waals surface area contributed by atoms with Crippen LogP contribution in [0.5, 0.6) is 0 Å². The number of alkyl halides is 6. The van der Waals surface area contributed by atoms with Crippen molar-refractivity contribution in [3.63, 3.8) is 0 Å². The second-order valence-corrected chi connectivity index (χ2v) is 4.80. The number of esters is 2. The maximum atomic E-state index is 13.3. The first-order valence-corrected chi connectivity index (χ1v) is 6.50. The van der Waals surface area contributed by atoms with Gasteiger partial charge in [0.2, 0.25) is 0 Å². The Morgan fingerprint density at radius 3 is 1.73 bits per heavy atom. The Morgan fingerprint density at radius 1 is 0.923 bits per heavy atom. The van der Waals surface area contributed by atoms with Crippen molar-refractivity contribution < 1.29 is 55.3 Å². The second kappa shape index (κ2) is 7.22. The number of carboxylic acid groups (broad SMARTS) is 1. The summed E-state index contributed by atoms with van der Waals surface area (Å²) in [5.41, 5.74) is -0.483. The van der Waals surface area contributed by atoms with E-state index in [2.05, 4.69) is 9.47 Å². The van der Waals surface area contributed by atoms with E-state index >= 15 is 0 Å². The molecule has 1 aromatic rings. The number of aliphatic carboxylic acids is 1. The molecule has 0 heterocycles. The van der Waals surface area contributed by atoms with E-state index in [1.807, 2.05) is 0 Å². The van der Waals surface area contributed by atoms with Gasteiger partial charge < -0.3 is 14.6 Å². The van der Waals surface area contributed by atoms with E-state index in [9.17, 15) is 40.7 Å². The van der Waals surface area contributed by atoms with Gasteiger partial charge in [-0.1, -0.05) is 0 Å². The Balaban J connectivity index is 2.88. The molecule has 6 nitrogen and oxygen atoms in total. The molecule has 0 aliphatic rings. The van der Waals surface area contributed by atoms with Crippen LogP contribution in [0.25, 0.3) is 0 Å². The number of halogens is 6. The van der Waals surface area contributed by atoms with Gasteiger partial charge in [0.25, 0.3) is 0 Å². The second-order valence-electron chi connectivity index (χ2n) is 4.80. The molecule has 0 bridgehead atoms. The quantitative estimate of drug-likeness (QED) is 0.571. The fourth-order valence-electron chi connectivity index (χ4n) is 1.55. The first kappa shape index (κ1) is 21.3. The van der Waals surface area contributed by atoms with Gasteiger partial charge in [0.05, 0.1) is 18.2 Å². The standard InChI is InChI=1S/C14H10F6O6/c1-25-9(21)7-2-4-8(5-3-7)10(22)26-6-12(15,16)14(19,20)13(17,18)11(23)24/h2-5H,6H2,1H3,(H,23,24). The van der Waals surface area contributed by atoms with E-state index in [0.29, 0.717) is 0 Å². The summed E-state index contributed by atoms with van der Waals surface area (Å²) in [6, 6.07) is 3.90. The molecule has 0 atom stereocenters. The number of carbonyl (C=O) groups is 3. The van der Waals surface area contributed by atoms with E-state index in [1.165, 1.54) is 0 Å². The first-order chi connectivity index (χ1) is 11.8. The summed E-state index contributed by atoms with van der Waals surface area (Å²) in [5.74, 6) is -23.9. The summed E-state index contributed by atoms with van der Waals surface area (Å²) >= 11 is 0. The highest BCUT2D eigenvalue weighted by Crippen LogP contribution is 2.46. The minimum atomic E-state index is -6.32. The van der Waals surface area contributed by atoms with Crippen molar-refractivity contribution in [2.45, 2.75) is 17.8 Å². The molecular formula is C14H10F6O6. The Hall–Kier alpha value is -2.79. The number of ether oxygens (including phenoxy) is 2. The van der Waals surface area contributed by atoms with Gasteiger partial charge >= 0.3 is 35.7 Å². The smallest absolute Gasteiger partial charge is 0.410 e. The highest BCUT2D eigenvalue weighted by Gasteiger charge is 2.75. The van der Waals surface area contributed by atoms with Gasteiger partial charge in [-0.25, -0.2) is 14.4 Å². The number of methoxy groups -OCH3 is 1. The van der Waals surface area contributed by atoms with Crippen LogP contribution in [0.1, 0.15) is 20.7 Å². The maximum Gasteiger partial charge on any atom is 0.410 e. The number of carbonyl (C=O) groups excluding carboxylic acids is 2. The number of carboxylic acids is 1. The topological polar surface area (TPSA) is 89.9 Å². The van der Waals surface area contributed by atoms with Gasteiger partial charge in [-0.15, -0.1) is 0 Å². The highest BCUT2D eigenvalue weighted by molar-refractivity contribution is 5.93. The highest BCUT2D eigenvalue weighted by atomic mass is 19.3. The van der Waals surface area contributed by atoms with Crippen LogP contribution in [0, 0.1) is 0 Å². The third-order valence-electron chi connectivity index (χ3n) is 3.05. The number of rotatable bonds is 7. The Bertz CT molecular complexity index is 700. The molecule has 144 valence electrons. The molecule has 0 fully saturated rings. The van der Waals surface area contributed by atoms with Crippen molar-refractivity contribution >= 4 is 17.9 Å². The Kier molecular flexibility index (Phi) is 5.90. The van der Waals surface area contributed by atoms with Crippen LogP contribution >= 0.6 is 0 Å². The van der Waals surface area contributed by atoms with Crippen molar-refractivity contribution in [1.29, 1.82) is 0 Å². The number of hydrogen-bond acceptors (Lipinski definition) is 5. The van der Waals surface area contributed by atoms with E-state index in [0.717, 1.165) is 31.4 Å². The molecule has 1 aromatic carbocycles. The Labute approximate surface area is 141 Å². The molecule has 0 saturated heterocycles. The van der Waals surface area contributed by atoms with Crippen LogP contribution in [0.15, 0.2) is 24.3 Å². The van der Waals surface area contributed by atoms with E-state index < -0.39 is 47.8 Å². The SMILES string of the molecule is COC(=O)c1ccc(C(=O)OCC(F)(F)C(F)(F)C(F)(F)C(=O)O)cc1. The lowest BCUT2D eigenvalue weighted by molar-refractivity contribution is -0.310. The molecule has 0 unspecified atom stereocenters. The average molecular weight is 388 g/mol. The lowest BCUT2D eigenvalue weighted by atomic mass is 10.1. The normalized spacial score (nSPS) is 12.4. The van der Waals surface area contributed by atoms with Gasteiger partial charge in [-0.2, -0.15) is 26.3 Å². The third kappa shape index (κ3) is 3.89. The lowest BCUT2D eigenvalue weighted by Gasteiger charge is -2.29. The third-order valence-corrected chi connectivity index (χ3v) is 3.05. The fourth-order valence-corrected chi connectivity index (χ4v) is 1.55. The molecule has 1 N–H and O–H groups in total. The van der Waals surface area contributed by atoms with Crippen molar-refractivity contribution in [2.75, 3.05) is 13.7 Å².